The Morgan fingerprint density at radius 2 is 1.54 bits per heavy atom. The maximum absolute atomic E-state index is 14.4. The van der Waals surface area contributed by atoms with Crippen molar-refractivity contribution in [2.45, 2.75) is 43.0 Å². The van der Waals surface area contributed by atoms with E-state index in [-0.39, 0.29) is 16.4 Å². The van der Waals surface area contributed by atoms with Crippen molar-refractivity contribution in [3.63, 3.8) is 0 Å². The first-order valence-electron chi connectivity index (χ1n) is 9.13. The van der Waals surface area contributed by atoms with Crippen molar-refractivity contribution in [1.82, 2.24) is 9.21 Å². The summed E-state index contributed by atoms with van der Waals surface area (Å²) in [6, 6.07) is 2.70. The fraction of sp³-hybridized carbons (Fsp3) is 0.667. The highest BCUT2D eigenvalue weighted by atomic mass is 32.2. The number of nitrogens with zero attached hydrogens (tertiary/aromatic N) is 2. The number of piperidine rings is 2. The largest absolute Gasteiger partial charge is 0.493 e. The van der Waals surface area contributed by atoms with Gasteiger partial charge in [0.05, 0.1) is 14.2 Å². The van der Waals surface area contributed by atoms with Crippen molar-refractivity contribution in [1.29, 1.82) is 0 Å². The lowest BCUT2D eigenvalue weighted by atomic mass is 10.0. The molecule has 0 aromatic heterocycles. The van der Waals surface area contributed by atoms with E-state index in [1.165, 1.54) is 43.9 Å². The maximum atomic E-state index is 14.4. The number of ether oxygens (including phenoxy) is 2. The van der Waals surface area contributed by atoms with Crippen molar-refractivity contribution in [3.05, 3.63) is 17.9 Å². The summed E-state index contributed by atoms with van der Waals surface area (Å²) in [6.45, 7) is 3.03. The van der Waals surface area contributed by atoms with Crippen LogP contribution in [-0.4, -0.2) is 64.1 Å². The fourth-order valence-corrected chi connectivity index (χ4v) is 5.43. The summed E-state index contributed by atoms with van der Waals surface area (Å²) < 4.78 is 51.8. The quantitative estimate of drug-likeness (QED) is 0.778. The summed E-state index contributed by atoms with van der Waals surface area (Å²) in [6.07, 6.45) is 5.29. The molecule has 0 bridgehead atoms. The number of likely N-dealkylation sites (tertiary alicyclic amines) is 1. The molecule has 1 aromatic rings. The number of rotatable bonds is 5. The molecule has 2 saturated heterocycles. The van der Waals surface area contributed by atoms with Gasteiger partial charge in [-0.3, -0.25) is 0 Å². The Balaban J connectivity index is 1.75. The molecule has 0 spiro atoms. The van der Waals surface area contributed by atoms with Gasteiger partial charge in [-0.15, -0.1) is 0 Å². The van der Waals surface area contributed by atoms with E-state index in [9.17, 15) is 12.8 Å². The molecule has 6 nitrogen and oxygen atoms in total. The van der Waals surface area contributed by atoms with Gasteiger partial charge in [-0.1, -0.05) is 6.42 Å². The number of benzene rings is 1. The van der Waals surface area contributed by atoms with Crippen molar-refractivity contribution >= 4 is 10.0 Å². The summed E-state index contributed by atoms with van der Waals surface area (Å²) in [4.78, 5) is 2.12. The van der Waals surface area contributed by atoms with Crippen LogP contribution in [0, 0.1) is 5.82 Å². The molecule has 26 heavy (non-hydrogen) atoms. The Bertz CT molecular complexity index is 727. The predicted molar refractivity (Wildman–Crippen MR) is 96.7 cm³/mol. The van der Waals surface area contributed by atoms with Gasteiger partial charge in [0.2, 0.25) is 10.0 Å². The predicted octanol–water partition coefficient (Wildman–Crippen LogP) is 2.48. The van der Waals surface area contributed by atoms with Gasteiger partial charge in [-0.25, -0.2) is 12.8 Å². The zero-order valence-electron chi connectivity index (χ0n) is 15.4. The standard InChI is InChI=1S/C18H27FN2O4S/c1-24-16-12-15(19)18(13-17(16)25-2)26(22,23)21-10-6-14(7-11-21)20-8-4-3-5-9-20/h12-14H,3-11H2,1-2H3. The van der Waals surface area contributed by atoms with Gasteiger partial charge < -0.3 is 14.4 Å². The van der Waals surface area contributed by atoms with Gasteiger partial charge in [0.1, 0.15) is 10.7 Å². The van der Waals surface area contributed by atoms with Crippen LogP contribution in [0.2, 0.25) is 0 Å². The van der Waals surface area contributed by atoms with E-state index in [2.05, 4.69) is 4.90 Å². The molecule has 2 aliphatic rings. The lowest BCUT2D eigenvalue weighted by molar-refractivity contribution is 0.117. The van der Waals surface area contributed by atoms with Crippen LogP contribution < -0.4 is 9.47 Å². The summed E-state index contributed by atoms with van der Waals surface area (Å²) in [5, 5.41) is 0. The first-order valence-corrected chi connectivity index (χ1v) is 10.6. The van der Waals surface area contributed by atoms with Crippen LogP contribution in [0.25, 0.3) is 0 Å². The van der Waals surface area contributed by atoms with E-state index in [4.69, 9.17) is 9.47 Å². The molecule has 0 atom stereocenters. The molecular formula is C18H27FN2O4S. The molecule has 2 fully saturated rings. The third kappa shape index (κ3) is 3.82. The van der Waals surface area contributed by atoms with Crippen LogP contribution in [0.1, 0.15) is 32.1 Å². The summed E-state index contributed by atoms with van der Waals surface area (Å²) >= 11 is 0. The van der Waals surface area contributed by atoms with E-state index in [0.717, 1.165) is 32.0 Å². The second-order valence-corrected chi connectivity index (χ2v) is 8.78. The smallest absolute Gasteiger partial charge is 0.246 e. The van der Waals surface area contributed by atoms with Gasteiger partial charge >= 0.3 is 0 Å². The molecule has 1 aromatic carbocycles. The Kier molecular flexibility index (Phi) is 6.04. The molecule has 2 aliphatic heterocycles. The van der Waals surface area contributed by atoms with Crippen LogP contribution in [0.15, 0.2) is 17.0 Å². The molecule has 146 valence electrons. The molecule has 2 heterocycles. The van der Waals surface area contributed by atoms with Crippen LogP contribution in [-0.2, 0) is 10.0 Å². The zero-order valence-corrected chi connectivity index (χ0v) is 16.2. The summed E-state index contributed by atoms with van der Waals surface area (Å²) in [7, 11) is -1.12. The van der Waals surface area contributed by atoms with Crippen molar-refractivity contribution in [2.75, 3.05) is 40.4 Å². The molecule has 0 aliphatic carbocycles. The minimum Gasteiger partial charge on any atom is -0.493 e. The van der Waals surface area contributed by atoms with Crippen LogP contribution >= 0.6 is 0 Å². The first-order chi connectivity index (χ1) is 12.5. The Morgan fingerprint density at radius 3 is 2.12 bits per heavy atom. The van der Waals surface area contributed by atoms with Gasteiger partial charge in [0, 0.05) is 31.3 Å². The van der Waals surface area contributed by atoms with E-state index in [1.54, 1.807) is 0 Å². The van der Waals surface area contributed by atoms with E-state index >= 15 is 0 Å². The average Bonchev–Trinajstić information content (AvgIpc) is 2.68. The highest BCUT2D eigenvalue weighted by Crippen LogP contribution is 2.34. The number of sulfonamides is 1. The molecule has 0 unspecified atom stereocenters. The van der Waals surface area contributed by atoms with Crippen molar-refractivity contribution < 1.29 is 22.3 Å². The zero-order chi connectivity index (χ0) is 18.7. The monoisotopic (exact) mass is 386 g/mol. The second kappa shape index (κ2) is 8.10. The minimum absolute atomic E-state index is 0.174. The molecule has 0 radical (unpaired) electrons. The van der Waals surface area contributed by atoms with Gasteiger partial charge in [0.25, 0.3) is 0 Å². The number of hydrogen-bond donors (Lipinski definition) is 0. The third-order valence-electron chi connectivity index (χ3n) is 5.39. The van der Waals surface area contributed by atoms with Crippen LogP contribution in [0.3, 0.4) is 0 Å². The molecule has 8 heteroatoms. The summed E-state index contributed by atoms with van der Waals surface area (Å²) in [5.74, 6) is -0.441. The molecular weight excluding hydrogens is 359 g/mol. The van der Waals surface area contributed by atoms with E-state index in [1.807, 2.05) is 0 Å². The third-order valence-corrected chi connectivity index (χ3v) is 7.30. The molecule has 0 N–H and O–H groups in total. The maximum Gasteiger partial charge on any atom is 0.246 e. The highest BCUT2D eigenvalue weighted by molar-refractivity contribution is 7.89. The topological polar surface area (TPSA) is 59.1 Å². The van der Waals surface area contributed by atoms with Crippen LogP contribution in [0.5, 0.6) is 11.5 Å². The Labute approximate surface area is 154 Å². The normalized spacial score (nSPS) is 20.9. The van der Waals surface area contributed by atoms with E-state index in [0.29, 0.717) is 19.1 Å². The Hall–Kier alpha value is -1.38. The van der Waals surface area contributed by atoms with Gasteiger partial charge in [-0.2, -0.15) is 4.31 Å². The lowest BCUT2D eigenvalue weighted by Gasteiger charge is -2.39. The SMILES string of the molecule is COc1cc(F)c(S(=O)(=O)N2CCC(N3CCCCC3)CC2)cc1OC. The second-order valence-electron chi connectivity index (χ2n) is 6.87. The van der Waals surface area contributed by atoms with Gasteiger partial charge in [0.15, 0.2) is 11.5 Å². The van der Waals surface area contributed by atoms with Gasteiger partial charge in [-0.05, 0) is 38.8 Å². The van der Waals surface area contributed by atoms with Crippen molar-refractivity contribution in [3.8, 4) is 11.5 Å². The highest BCUT2D eigenvalue weighted by Gasteiger charge is 2.34. The average molecular weight is 386 g/mol. The molecule has 0 amide bonds. The first kappa shape index (κ1) is 19.4. The number of methoxy groups -OCH3 is 2. The van der Waals surface area contributed by atoms with E-state index < -0.39 is 15.8 Å². The molecule has 0 saturated carbocycles. The number of hydrogen-bond acceptors (Lipinski definition) is 5. The summed E-state index contributed by atoms with van der Waals surface area (Å²) in [5.41, 5.74) is 0. The molecule has 3 rings (SSSR count). The fourth-order valence-electron chi connectivity index (χ4n) is 3.90. The minimum atomic E-state index is -3.90. The van der Waals surface area contributed by atoms with Crippen LogP contribution in [0.4, 0.5) is 4.39 Å². The Morgan fingerprint density at radius 1 is 0.962 bits per heavy atom. The lowest BCUT2D eigenvalue weighted by Crippen LogP contribution is -2.48. The number of halogens is 1. The van der Waals surface area contributed by atoms with Crippen molar-refractivity contribution in [2.24, 2.45) is 0 Å².